The van der Waals surface area contributed by atoms with E-state index < -0.39 is 0 Å². The average molecular weight is 320 g/mol. The van der Waals surface area contributed by atoms with E-state index in [1.807, 2.05) is 12.1 Å². The van der Waals surface area contributed by atoms with E-state index in [1.54, 1.807) is 24.5 Å². The maximum absolute atomic E-state index is 12.7. The number of rotatable bonds is 3. The number of nitrogen functional groups attached to an aromatic ring is 1. The Morgan fingerprint density at radius 2 is 2.08 bits per heavy atom. The number of nitrogens with two attached hydrogens (primary N) is 1. The molecule has 24 heavy (non-hydrogen) atoms. The molecule has 0 bridgehead atoms. The van der Waals surface area contributed by atoms with Crippen molar-refractivity contribution in [3.05, 3.63) is 59.4 Å². The summed E-state index contributed by atoms with van der Waals surface area (Å²) in [5.41, 5.74) is 10.5. The number of aryl methyl sites for hydroxylation is 2. The molecule has 1 aliphatic rings. The molecule has 1 aromatic carbocycles. The highest BCUT2D eigenvalue weighted by molar-refractivity contribution is 6.10. The second-order valence-electron chi connectivity index (χ2n) is 5.80. The van der Waals surface area contributed by atoms with Crippen molar-refractivity contribution in [2.75, 3.05) is 11.1 Å². The van der Waals surface area contributed by atoms with E-state index in [-0.39, 0.29) is 17.4 Å². The summed E-state index contributed by atoms with van der Waals surface area (Å²) >= 11 is 0. The number of anilines is 2. The Kier molecular flexibility index (Phi) is 3.49. The first kappa shape index (κ1) is 14.4. The number of hydrogen-bond acceptors (Lipinski definition) is 5. The number of fused-ring (bicyclic) bond motifs is 1. The van der Waals surface area contributed by atoms with Gasteiger partial charge >= 0.3 is 0 Å². The third kappa shape index (κ3) is 2.52. The molecule has 3 N–H and O–H groups in total. The van der Waals surface area contributed by atoms with Gasteiger partial charge in [0.25, 0.3) is 5.91 Å². The van der Waals surface area contributed by atoms with Gasteiger partial charge in [-0.3, -0.25) is 9.78 Å². The summed E-state index contributed by atoms with van der Waals surface area (Å²) in [6.45, 7) is 0. The van der Waals surface area contributed by atoms with E-state index in [1.165, 1.54) is 11.1 Å². The van der Waals surface area contributed by atoms with Gasteiger partial charge in [-0.25, -0.2) is 0 Å². The largest absolute Gasteiger partial charge is 0.367 e. The van der Waals surface area contributed by atoms with Crippen molar-refractivity contribution in [3.63, 3.8) is 0 Å². The van der Waals surface area contributed by atoms with Gasteiger partial charge in [0.2, 0.25) is 5.88 Å². The number of pyridine rings is 1. The van der Waals surface area contributed by atoms with Crippen LogP contribution < -0.4 is 11.1 Å². The molecule has 0 aliphatic heterocycles. The molecule has 6 nitrogen and oxygen atoms in total. The molecular weight excluding hydrogens is 304 g/mol. The number of nitrogens with zero attached hydrogens (tertiary/aromatic N) is 2. The molecule has 3 aromatic rings. The van der Waals surface area contributed by atoms with Crippen molar-refractivity contribution < 1.29 is 9.32 Å². The van der Waals surface area contributed by atoms with Gasteiger partial charge in [0, 0.05) is 23.6 Å². The van der Waals surface area contributed by atoms with Crippen LogP contribution in [0.5, 0.6) is 0 Å². The Balaban J connectivity index is 1.65. The van der Waals surface area contributed by atoms with Crippen LogP contribution in [0.3, 0.4) is 0 Å². The zero-order valence-electron chi connectivity index (χ0n) is 13.0. The standard InChI is InChI=1S/C18H16N4O2/c19-17-15(16(22-24-17)13-5-2-8-20-10-13)18(23)21-14-7-6-11-3-1-4-12(11)9-14/h2,5-10H,1,3-4,19H2,(H,21,23). The van der Waals surface area contributed by atoms with Gasteiger partial charge in [0.15, 0.2) is 0 Å². The molecule has 4 rings (SSSR count). The minimum atomic E-state index is -0.342. The van der Waals surface area contributed by atoms with Crippen LogP contribution in [0, 0.1) is 0 Å². The Morgan fingerprint density at radius 3 is 2.92 bits per heavy atom. The van der Waals surface area contributed by atoms with Gasteiger partial charge in [0.1, 0.15) is 11.3 Å². The molecule has 0 saturated carbocycles. The average Bonchev–Trinajstić information content (AvgIpc) is 3.21. The number of benzene rings is 1. The third-order valence-electron chi connectivity index (χ3n) is 4.24. The van der Waals surface area contributed by atoms with Crippen LogP contribution in [0.4, 0.5) is 11.6 Å². The van der Waals surface area contributed by atoms with Gasteiger partial charge < -0.3 is 15.6 Å². The lowest BCUT2D eigenvalue weighted by atomic mass is 10.1. The highest BCUT2D eigenvalue weighted by atomic mass is 16.5. The van der Waals surface area contributed by atoms with Crippen LogP contribution in [0.15, 0.2) is 47.2 Å². The lowest BCUT2D eigenvalue weighted by molar-refractivity contribution is 0.102. The molecule has 6 heteroatoms. The first-order chi connectivity index (χ1) is 11.7. The van der Waals surface area contributed by atoms with Crippen molar-refractivity contribution in [1.29, 1.82) is 0 Å². The molecule has 120 valence electrons. The monoisotopic (exact) mass is 320 g/mol. The van der Waals surface area contributed by atoms with E-state index in [4.69, 9.17) is 10.3 Å². The van der Waals surface area contributed by atoms with Gasteiger partial charge in [-0.2, -0.15) is 0 Å². The predicted molar refractivity (Wildman–Crippen MR) is 90.6 cm³/mol. The summed E-state index contributed by atoms with van der Waals surface area (Å²) in [5, 5.41) is 6.79. The zero-order valence-corrected chi connectivity index (χ0v) is 13.0. The minimum absolute atomic E-state index is 0.00693. The van der Waals surface area contributed by atoms with Crippen molar-refractivity contribution in [2.24, 2.45) is 0 Å². The number of amides is 1. The van der Waals surface area contributed by atoms with Gasteiger partial charge in [-0.05, 0) is 54.7 Å². The molecule has 0 atom stereocenters. The predicted octanol–water partition coefficient (Wildman–Crippen LogP) is 3.06. The Morgan fingerprint density at radius 1 is 1.21 bits per heavy atom. The van der Waals surface area contributed by atoms with E-state index in [0.29, 0.717) is 11.3 Å². The lowest BCUT2D eigenvalue weighted by Crippen LogP contribution is -2.14. The van der Waals surface area contributed by atoms with Gasteiger partial charge in [0.05, 0.1) is 0 Å². The van der Waals surface area contributed by atoms with Crippen molar-refractivity contribution in [2.45, 2.75) is 19.3 Å². The molecular formula is C18H16N4O2. The van der Waals surface area contributed by atoms with Crippen LogP contribution in [0.2, 0.25) is 0 Å². The van der Waals surface area contributed by atoms with Crippen molar-refractivity contribution in [1.82, 2.24) is 10.1 Å². The number of carbonyl (C=O) groups is 1. The highest BCUT2D eigenvalue weighted by Crippen LogP contribution is 2.29. The zero-order chi connectivity index (χ0) is 16.5. The molecule has 0 saturated heterocycles. The van der Waals surface area contributed by atoms with E-state index >= 15 is 0 Å². The molecule has 1 aliphatic carbocycles. The topological polar surface area (TPSA) is 94.0 Å². The molecule has 2 aromatic heterocycles. The van der Waals surface area contributed by atoms with Crippen LogP contribution in [-0.4, -0.2) is 16.0 Å². The maximum atomic E-state index is 12.7. The molecule has 0 unspecified atom stereocenters. The molecule has 0 spiro atoms. The number of nitrogens with one attached hydrogen (secondary N) is 1. The van der Waals surface area contributed by atoms with E-state index in [2.05, 4.69) is 21.5 Å². The van der Waals surface area contributed by atoms with E-state index in [9.17, 15) is 4.79 Å². The normalized spacial score (nSPS) is 12.8. The summed E-state index contributed by atoms with van der Waals surface area (Å²) in [4.78, 5) is 16.7. The summed E-state index contributed by atoms with van der Waals surface area (Å²) < 4.78 is 5.02. The summed E-state index contributed by atoms with van der Waals surface area (Å²) in [7, 11) is 0. The summed E-state index contributed by atoms with van der Waals surface area (Å²) in [5.74, 6) is -0.349. The third-order valence-corrected chi connectivity index (χ3v) is 4.24. The fourth-order valence-corrected chi connectivity index (χ4v) is 3.07. The minimum Gasteiger partial charge on any atom is -0.367 e. The first-order valence-corrected chi connectivity index (χ1v) is 7.81. The molecule has 1 amide bonds. The second kappa shape index (κ2) is 5.81. The number of aromatic nitrogens is 2. The fraction of sp³-hybridized carbons (Fsp3) is 0.167. The summed E-state index contributed by atoms with van der Waals surface area (Å²) in [6, 6.07) is 9.57. The van der Waals surface area contributed by atoms with Crippen LogP contribution in [-0.2, 0) is 12.8 Å². The molecule has 0 fully saturated rings. The van der Waals surface area contributed by atoms with Crippen LogP contribution in [0.1, 0.15) is 27.9 Å². The Hall–Kier alpha value is -3.15. The quantitative estimate of drug-likeness (QED) is 0.773. The maximum Gasteiger partial charge on any atom is 0.263 e. The fourth-order valence-electron chi connectivity index (χ4n) is 3.07. The smallest absolute Gasteiger partial charge is 0.263 e. The van der Waals surface area contributed by atoms with Gasteiger partial charge in [-0.15, -0.1) is 0 Å². The summed E-state index contributed by atoms with van der Waals surface area (Å²) in [6.07, 6.45) is 6.58. The van der Waals surface area contributed by atoms with E-state index in [0.717, 1.165) is 24.9 Å². The van der Waals surface area contributed by atoms with Crippen LogP contribution in [0.25, 0.3) is 11.3 Å². The lowest BCUT2D eigenvalue weighted by Gasteiger charge is -2.07. The van der Waals surface area contributed by atoms with Crippen molar-refractivity contribution in [3.8, 4) is 11.3 Å². The SMILES string of the molecule is Nc1onc(-c2cccnc2)c1C(=O)Nc1ccc2c(c1)CCC2. The van der Waals surface area contributed by atoms with Gasteiger partial charge in [-0.1, -0.05) is 11.2 Å². The Labute approximate surface area is 138 Å². The molecule has 0 radical (unpaired) electrons. The molecule has 2 heterocycles. The highest BCUT2D eigenvalue weighted by Gasteiger charge is 2.23. The van der Waals surface area contributed by atoms with Crippen LogP contribution >= 0.6 is 0 Å². The second-order valence-corrected chi connectivity index (χ2v) is 5.80. The number of carbonyl (C=O) groups excluding carboxylic acids is 1. The van der Waals surface area contributed by atoms with Crippen molar-refractivity contribution >= 4 is 17.5 Å². The Bertz CT molecular complexity index is 903. The first-order valence-electron chi connectivity index (χ1n) is 7.81. The number of hydrogen-bond donors (Lipinski definition) is 2.